The summed E-state index contributed by atoms with van der Waals surface area (Å²) in [5.41, 5.74) is -0.450. The Morgan fingerprint density at radius 2 is 1.50 bits per heavy atom. The fraction of sp³-hybridized carbons (Fsp3) is 0.667. The Hall–Kier alpha value is -2.30. The van der Waals surface area contributed by atoms with Crippen LogP contribution in [0.4, 0.5) is 17.1 Å². The van der Waals surface area contributed by atoms with Crippen LogP contribution in [-0.2, 0) is 14.2 Å². The van der Waals surface area contributed by atoms with E-state index in [1.54, 1.807) is 0 Å². The molecule has 0 atom stereocenters. The molecule has 0 radical (unpaired) electrons. The summed E-state index contributed by atoms with van der Waals surface area (Å²) in [5, 5.41) is 24.6. The number of nitrogens with one attached hydrogen (secondary N) is 1. The Balaban J connectivity index is 2.07. The summed E-state index contributed by atoms with van der Waals surface area (Å²) >= 11 is 0. The molecule has 1 aromatic carbocycles. The molecule has 28 heavy (non-hydrogen) atoms. The van der Waals surface area contributed by atoms with Crippen LogP contribution in [-0.4, -0.2) is 56.0 Å². The smallest absolute Gasteiger partial charge is 0.299 e. The SMILES string of the molecule is CCCCCCOCCOCCOCCNc1ccc([N+](=O)[O-])cc1[N+](=O)[O-]. The maximum absolute atomic E-state index is 11.0. The van der Waals surface area contributed by atoms with Crippen LogP contribution < -0.4 is 5.32 Å². The standard InChI is InChI=1S/C18H29N3O7/c1-2-3-4-5-9-26-11-13-28-14-12-27-10-8-19-17-7-6-16(20(22)23)15-18(17)21(24)25/h6-7,15,19H,2-5,8-14H2,1H3. The fourth-order valence-corrected chi connectivity index (χ4v) is 2.36. The van der Waals surface area contributed by atoms with Crippen LogP contribution in [0.25, 0.3) is 0 Å². The van der Waals surface area contributed by atoms with E-state index < -0.39 is 9.85 Å². The highest BCUT2D eigenvalue weighted by molar-refractivity contribution is 5.65. The maximum Gasteiger partial charge on any atom is 0.299 e. The summed E-state index contributed by atoms with van der Waals surface area (Å²) in [6.45, 7) is 5.52. The van der Waals surface area contributed by atoms with Gasteiger partial charge < -0.3 is 19.5 Å². The molecule has 1 N–H and O–H groups in total. The first-order chi connectivity index (χ1) is 13.6. The Bertz CT molecular complexity index is 599. The second-order valence-corrected chi connectivity index (χ2v) is 6.04. The van der Waals surface area contributed by atoms with Gasteiger partial charge in [-0.3, -0.25) is 20.2 Å². The van der Waals surface area contributed by atoms with E-state index in [0.29, 0.717) is 39.6 Å². The van der Waals surface area contributed by atoms with Crippen molar-refractivity contribution in [1.29, 1.82) is 0 Å². The van der Waals surface area contributed by atoms with Crippen molar-refractivity contribution in [2.45, 2.75) is 32.6 Å². The molecule has 0 amide bonds. The van der Waals surface area contributed by atoms with Crippen molar-refractivity contribution in [3.8, 4) is 0 Å². The van der Waals surface area contributed by atoms with Crippen molar-refractivity contribution in [2.75, 3.05) is 51.5 Å². The molecule has 0 fully saturated rings. The van der Waals surface area contributed by atoms with Crippen molar-refractivity contribution in [2.24, 2.45) is 0 Å². The zero-order valence-corrected chi connectivity index (χ0v) is 16.3. The van der Waals surface area contributed by atoms with E-state index in [1.165, 1.54) is 31.4 Å². The number of non-ortho nitro benzene ring substituents is 1. The second kappa shape index (κ2) is 14.7. The van der Waals surface area contributed by atoms with Gasteiger partial charge in [-0.1, -0.05) is 26.2 Å². The molecule has 0 aromatic heterocycles. The van der Waals surface area contributed by atoms with Gasteiger partial charge in [-0.25, -0.2) is 0 Å². The highest BCUT2D eigenvalue weighted by Crippen LogP contribution is 2.28. The molecule has 1 aromatic rings. The van der Waals surface area contributed by atoms with Crippen LogP contribution in [0.2, 0.25) is 0 Å². The lowest BCUT2D eigenvalue weighted by Gasteiger charge is -2.09. The molecule has 1 rings (SSSR count). The first-order valence-corrected chi connectivity index (χ1v) is 9.46. The van der Waals surface area contributed by atoms with Gasteiger partial charge in [0, 0.05) is 19.2 Å². The van der Waals surface area contributed by atoms with Gasteiger partial charge in [0.15, 0.2) is 0 Å². The third-order valence-corrected chi connectivity index (χ3v) is 3.84. The largest absolute Gasteiger partial charge is 0.379 e. The third kappa shape index (κ3) is 10.1. The van der Waals surface area contributed by atoms with E-state index in [1.807, 2.05) is 0 Å². The first kappa shape index (κ1) is 23.7. The van der Waals surface area contributed by atoms with Gasteiger partial charge in [-0.2, -0.15) is 0 Å². The van der Waals surface area contributed by atoms with Gasteiger partial charge >= 0.3 is 0 Å². The minimum Gasteiger partial charge on any atom is -0.379 e. The van der Waals surface area contributed by atoms with Crippen molar-refractivity contribution in [3.63, 3.8) is 0 Å². The molecule has 10 heteroatoms. The molecular formula is C18H29N3O7. The Morgan fingerprint density at radius 3 is 2.11 bits per heavy atom. The molecule has 0 bridgehead atoms. The van der Waals surface area contributed by atoms with Gasteiger partial charge in [0.1, 0.15) is 5.69 Å². The van der Waals surface area contributed by atoms with E-state index in [-0.39, 0.29) is 17.1 Å². The molecule has 0 unspecified atom stereocenters. The average Bonchev–Trinajstić information content (AvgIpc) is 2.68. The summed E-state index contributed by atoms with van der Waals surface area (Å²) in [4.78, 5) is 20.4. The maximum atomic E-state index is 11.0. The zero-order chi connectivity index (χ0) is 20.6. The van der Waals surface area contributed by atoms with E-state index in [2.05, 4.69) is 12.2 Å². The van der Waals surface area contributed by atoms with Crippen LogP contribution in [0.15, 0.2) is 18.2 Å². The highest BCUT2D eigenvalue weighted by atomic mass is 16.6. The van der Waals surface area contributed by atoms with Gasteiger partial charge in [0.05, 0.1) is 48.9 Å². The van der Waals surface area contributed by atoms with Crippen molar-refractivity contribution >= 4 is 17.1 Å². The number of ether oxygens (including phenoxy) is 3. The topological polar surface area (TPSA) is 126 Å². The lowest BCUT2D eigenvalue weighted by atomic mass is 10.2. The lowest BCUT2D eigenvalue weighted by Crippen LogP contribution is -2.14. The zero-order valence-electron chi connectivity index (χ0n) is 16.3. The van der Waals surface area contributed by atoms with Crippen LogP contribution in [0.1, 0.15) is 32.6 Å². The number of nitro groups is 2. The Kier molecular flexibility index (Phi) is 12.5. The third-order valence-electron chi connectivity index (χ3n) is 3.84. The number of hydrogen-bond donors (Lipinski definition) is 1. The summed E-state index contributed by atoms with van der Waals surface area (Å²) in [6, 6.07) is 3.47. The predicted molar refractivity (Wildman–Crippen MR) is 105 cm³/mol. The van der Waals surface area contributed by atoms with E-state index in [0.717, 1.165) is 19.1 Å². The Morgan fingerprint density at radius 1 is 0.857 bits per heavy atom. The second-order valence-electron chi connectivity index (χ2n) is 6.04. The number of nitrogens with zero attached hydrogens (tertiary/aromatic N) is 2. The average molecular weight is 399 g/mol. The normalized spacial score (nSPS) is 10.8. The van der Waals surface area contributed by atoms with Crippen molar-refractivity contribution < 1.29 is 24.1 Å². The molecule has 0 saturated carbocycles. The summed E-state index contributed by atoms with van der Waals surface area (Å²) in [6.07, 6.45) is 4.73. The van der Waals surface area contributed by atoms with Crippen LogP contribution in [0.5, 0.6) is 0 Å². The molecule has 0 saturated heterocycles. The number of rotatable bonds is 17. The first-order valence-electron chi connectivity index (χ1n) is 9.46. The number of anilines is 1. The van der Waals surface area contributed by atoms with Crippen molar-refractivity contribution in [3.05, 3.63) is 38.4 Å². The number of unbranched alkanes of at least 4 members (excludes halogenated alkanes) is 3. The van der Waals surface area contributed by atoms with Crippen LogP contribution in [0, 0.1) is 20.2 Å². The molecule has 0 aliphatic rings. The number of nitro benzene ring substituents is 2. The molecule has 0 aliphatic heterocycles. The summed E-state index contributed by atoms with van der Waals surface area (Å²) in [5.74, 6) is 0. The Labute approximate surface area is 164 Å². The molecule has 0 heterocycles. The van der Waals surface area contributed by atoms with Gasteiger partial charge in [-0.15, -0.1) is 0 Å². The molecule has 10 nitrogen and oxygen atoms in total. The predicted octanol–water partition coefficient (Wildman–Crippen LogP) is 3.55. The highest BCUT2D eigenvalue weighted by Gasteiger charge is 2.18. The van der Waals surface area contributed by atoms with Gasteiger partial charge in [0.25, 0.3) is 11.4 Å². The summed E-state index contributed by atoms with van der Waals surface area (Å²) in [7, 11) is 0. The van der Waals surface area contributed by atoms with Crippen LogP contribution in [0.3, 0.4) is 0 Å². The summed E-state index contributed by atoms with van der Waals surface area (Å²) < 4.78 is 16.2. The quantitative estimate of drug-likeness (QED) is 0.239. The fourth-order valence-electron chi connectivity index (χ4n) is 2.36. The number of benzene rings is 1. The van der Waals surface area contributed by atoms with E-state index in [4.69, 9.17) is 14.2 Å². The van der Waals surface area contributed by atoms with Crippen LogP contribution >= 0.6 is 0 Å². The molecule has 0 spiro atoms. The molecule has 0 aliphatic carbocycles. The number of hydrogen-bond acceptors (Lipinski definition) is 8. The van der Waals surface area contributed by atoms with Crippen molar-refractivity contribution in [1.82, 2.24) is 0 Å². The van der Waals surface area contributed by atoms with Gasteiger partial charge in [-0.05, 0) is 12.5 Å². The molecule has 158 valence electrons. The monoisotopic (exact) mass is 399 g/mol. The lowest BCUT2D eigenvalue weighted by molar-refractivity contribution is -0.393. The minimum atomic E-state index is -0.669. The van der Waals surface area contributed by atoms with Gasteiger partial charge in [0.2, 0.25) is 0 Å². The van der Waals surface area contributed by atoms with E-state index >= 15 is 0 Å². The minimum absolute atomic E-state index is 0.214. The molecular weight excluding hydrogens is 370 g/mol. The van der Waals surface area contributed by atoms with E-state index in [9.17, 15) is 20.2 Å².